The molecule has 8 heteroatoms. The Kier molecular flexibility index (Phi) is 5.24. The maximum Gasteiger partial charge on any atom is 0.255 e. The first-order valence-corrected chi connectivity index (χ1v) is 9.10. The van der Waals surface area contributed by atoms with Crippen LogP contribution in [0.2, 0.25) is 0 Å². The number of para-hydroxylation sites is 2. The molecule has 0 fully saturated rings. The van der Waals surface area contributed by atoms with Gasteiger partial charge in [0.1, 0.15) is 6.61 Å². The Balaban J connectivity index is 1.39. The minimum absolute atomic E-state index is 0.167. The van der Waals surface area contributed by atoms with E-state index in [-0.39, 0.29) is 12.0 Å². The van der Waals surface area contributed by atoms with E-state index in [4.69, 9.17) is 18.9 Å². The van der Waals surface area contributed by atoms with Crippen LogP contribution in [0.15, 0.2) is 54.9 Å². The fourth-order valence-corrected chi connectivity index (χ4v) is 3.07. The van der Waals surface area contributed by atoms with Crippen molar-refractivity contribution in [3.05, 3.63) is 60.4 Å². The quantitative estimate of drug-likeness (QED) is 0.691. The minimum atomic E-state index is -0.267. The van der Waals surface area contributed by atoms with Gasteiger partial charge in [-0.25, -0.2) is 0 Å². The highest BCUT2D eigenvalue weighted by Crippen LogP contribution is 2.31. The number of nitrogens with one attached hydrogen (secondary N) is 1. The first-order valence-electron chi connectivity index (χ1n) is 9.10. The zero-order chi connectivity index (χ0) is 20.2. The monoisotopic (exact) mass is 395 g/mol. The molecule has 1 atom stereocenters. The maximum absolute atomic E-state index is 12.5. The SMILES string of the molecule is COc1ccc(C(=O)Nc2cnn(CC3COc4ccccc4O3)c2)cc1OC. The summed E-state index contributed by atoms with van der Waals surface area (Å²) >= 11 is 0. The summed E-state index contributed by atoms with van der Waals surface area (Å²) in [6.45, 7) is 0.935. The number of benzene rings is 2. The molecule has 2 heterocycles. The topological polar surface area (TPSA) is 83.8 Å². The van der Waals surface area contributed by atoms with Crippen molar-refractivity contribution in [2.45, 2.75) is 12.6 Å². The normalized spacial score (nSPS) is 14.9. The molecule has 150 valence electrons. The number of ether oxygens (including phenoxy) is 4. The lowest BCUT2D eigenvalue weighted by molar-refractivity contribution is 0.0759. The van der Waals surface area contributed by atoms with Crippen LogP contribution >= 0.6 is 0 Å². The molecule has 8 nitrogen and oxygen atoms in total. The fourth-order valence-electron chi connectivity index (χ4n) is 3.07. The highest BCUT2D eigenvalue weighted by Gasteiger charge is 2.21. The lowest BCUT2D eigenvalue weighted by Crippen LogP contribution is -2.33. The van der Waals surface area contributed by atoms with Gasteiger partial charge < -0.3 is 24.3 Å². The molecule has 3 aromatic rings. The summed E-state index contributed by atoms with van der Waals surface area (Å²) in [6.07, 6.45) is 3.18. The van der Waals surface area contributed by atoms with Gasteiger partial charge >= 0.3 is 0 Å². The predicted molar refractivity (Wildman–Crippen MR) is 106 cm³/mol. The molecule has 2 aromatic carbocycles. The van der Waals surface area contributed by atoms with Crippen LogP contribution in [-0.4, -0.2) is 42.6 Å². The number of aromatic nitrogens is 2. The standard InChI is InChI=1S/C21H21N3O5/c1-26-17-8-7-14(9-20(17)27-2)21(25)23-15-10-22-24(11-15)12-16-13-28-18-5-3-4-6-19(18)29-16/h3-11,16H,12-13H2,1-2H3,(H,23,25). The Morgan fingerprint density at radius 2 is 1.97 bits per heavy atom. The third-order valence-corrected chi connectivity index (χ3v) is 4.50. The third kappa shape index (κ3) is 4.11. The van der Waals surface area contributed by atoms with Crippen molar-refractivity contribution in [3.63, 3.8) is 0 Å². The summed E-state index contributed by atoms with van der Waals surface area (Å²) in [6, 6.07) is 12.6. The molecular formula is C21H21N3O5. The number of carbonyl (C=O) groups excluding carboxylic acids is 1. The van der Waals surface area contributed by atoms with Crippen LogP contribution in [0.25, 0.3) is 0 Å². The van der Waals surface area contributed by atoms with Crippen LogP contribution in [0.5, 0.6) is 23.0 Å². The number of nitrogens with zero attached hydrogens (tertiary/aromatic N) is 2. The van der Waals surface area contributed by atoms with Crippen LogP contribution in [0.3, 0.4) is 0 Å². The second-order valence-corrected chi connectivity index (χ2v) is 6.47. The predicted octanol–water partition coefficient (Wildman–Crippen LogP) is 2.99. The molecule has 0 radical (unpaired) electrons. The van der Waals surface area contributed by atoms with Crippen LogP contribution in [-0.2, 0) is 6.54 Å². The number of hydrogen-bond donors (Lipinski definition) is 1. The van der Waals surface area contributed by atoms with Gasteiger partial charge in [-0.1, -0.05) is 12.1 Å². The van der Waals surface area contributed by atoms with Gasteiger partial charge in [-0.05, 0) is 30.3 Å². The molecule has 1 aliphatic heterocycles. The number of anilines is 1. The summed E-state index contributed by atoms with van der Waals surface area (Å²) in [4.78, 5) is 12.5. The zero-order valence-electron chi connectivity index (χ0n) is 16.1. The number of rotatable bonds is 6. The molecule has 1 aromatic heterocycles. The zero-order valence-corrected chi connectivity index (χ0v) is 16.1. The molecule has 0 aliphatic carbocycles. The highest BCUT2D eigenvalue weighted by molar-refractivity contribution is 6.04. The molecule has 1 unspecified atom stereocenters. The largest absolute Gasteiger partial charge is 0.493 e. The van der Waals surface area contributed by atoms with Gasteiger partial charge in [0.05, 0.1) is 32.6 Å². The van der Waals surface area contributed by atoms with Gasteiger partial charge in [0.2, 0.25) is 0 Å². The molecule has 1 aliphatic rings. The van der Waals surface area contributed by atoms with Crippen LogP contribution < -0.4 is 24.3 Å². The van der Waals surface area contributed by atoms with Crippen molar-refractivity contribution >= 4 is 11.6 Å². The smallest absolute Gasteiger partial charge is 0.255 e. The lowest BCUT2D eigenvalue weighted by Gasteiger charge is -2.26. The summed E-state index contributed by atoms with van der Waals surface area (Å²) < 4.78 is 23.8. The van der Waals surface area contributed by atoms with Crippen molar-refractivity contribution in [3.8, 4) is 23.0 Å². The van der Waals surface area contributed by atoms with E-state index in [1.54, 1.807) is 42.4 Å². The van der Waals surface area contributed by atoms with Crippen molar-refractivity contribution < 1.29 is 23.7 Å². The molecule has 0 bridgehead atoms. The van der Waals surface area contributed by atoms with Gasteiger partial charge in [-0.3, -0.25) is 9.48 Å². The molecule has 1 N–H and O–H groups in total. The fraction of sp³-hybridized carbons (Fsp3) is 0.238. The Morgan fingerprint density at radius 3 is 2.76 bits per heavy atom. The molecule has 0 saturated heterocycles. The summed E-state index contributed by atoms with van der Waals surface area (Å²) in [5, 5.41) is 7.13. The maximum atomic E-state index is 12.5. The van der Waals surface area contributed by atoms with E-state index in [1.165, 1.54) is 7.11 Å². The number of methoxy groups -OCH3 is 2. The average Bonchev–Trinajstić information content (AvgIpc) is 3.19. The summed E-state index contributed by atoms with van der Waals surface area (Å²) in [5.74, 6) is 2.25. The Labute approximate surface area is 168 Å². The van der Waals surface area contributed by atoms with Crippen LogP contribution in [0.1, 0.15) is 10.4 Å². The summed E-state index contributed by atoms with van der Waals surface area (Å²) in [7, 11) is 3.07. The van der Waals surface area contributed by atoms with E-state index >= 15 is 0 Å². The Morgan fingerprint density at radius 1 is 1.17 bits per heavy atom. The van der Waals surface area contributed by atoms with Gasteiger partial charge in [-0.15, -0.1) is 0 Å². The van der Waals surface area contributed by atoms with Crippen molar-refractivity contribution in [1.82, 2.24) is 9.78 Å². The molecule has 1 amide bonds. The number of amides is 1. The molecule has 29 heavy (non-hydrogen) atoms. The van der Waals surface area contributed by atoms with Crippen LogP contribution in [0, 0.1) is 0 Å². The van der Waals surface area contributed by atoms with Crippen molar-refractivity contribution in [1.29, 1.82) is 0 Å². The average molecular weight is 395 g/mol. The first-order chi connectivity index (χ1) is 14.2. The molecule has 0 spiro atoms. The summed E-state index contributed by atoms with van der Waals surface area (Å²) in [5.41, 5.74) is 1.04. The second kappa shape index (κ2) is 8.14. The lowest BCUT2D eigenvalue weighted by atomic mass is 10.2. The van der Waals surface area contributed by atoms with E-state index in [1.807, 2.05) is 24.3 Å². The van der Waals surface area contributed by atoms with E-state index < -0.39 is 0 Å². The third-order valence-electron chi connectivity index (χ3n) is 4.50. The minimum Gasteiger partial charge on any atom is -0.493 e. The van der Waals surface area contributed by atoms with Gasteiger partial charge in [0, 0.05) is 11.8 Å². The first kappa shape index (κ1) is 18.7. The van der Waals surface area contributed by atoms with Gasteiger partial charge in [0.15, 0.2) is 29.1 Å². The molecular weight excluding hydrogens is 374 g/mol. The van der Waals surface area contributed by atoms with E-state index in [0.29, 0.717) is 35.9 Å². The Bertz CT molecular complexity index is 1020. The van der Waals surface area contributed by atoms with Gasteiger partial charge in [0.25, 0.3) is 5.91 Å². The van der Waals surface area contributed by atoms with Gasteiger partial charge in [-0.2, -0.15) is 5.10 Å². The number of carbonyl (C=O) groups is 1. The van der Waals surface area contributed by atoms with Crippen molar-refractivity contribution in [2.24, 2.45) is 0 Å². The van der Waals surface area contributed by atoms with E-state index in [0.717, 1.165) is 11.5 Å². The van der Waals surface area contributed by atoms with E-state index in [2.05, 4.69) is 10.4 Å². The highest BCUT2D eigenvalue weighted by atomic mass is 16.6. The molecule has 0 saturated carbocycles. The Hall–Kier alpha value is -3.68. The number of fused-ring (bicyclic) bond motifs is 1. The van der Waals surface area contributed by atoms with Crippen LogP contribution in [0.4, 0.5) is 5.69 Å². The second-order valence-electron chi connectivity index (χ2n) is 6.47. The number of hydrogen-bond acceptors (Lipinski definition) is 6. The molecule has 4 rings (SSSR count). The van der Waals surface area contributed by atoms with E-state index in [9.17, 15) is 4.79 Å². The van der Waals surface area contributed by atoms with Crippen molar-refractivity contribution in [2.75, 3.05) is 26.1 Å².